The molecule has 0 atom stereocenters. The molecule has 124 valence electrons. The Morgan fingerprint density at radius 3 is 2.46 bits per heavy atom. The molecule has 24 heavy (non-hydrogen) atoms. The van der Waals surface area contributed by atoms with Crippen LogP contribution in [-0.2, 0) is 0 Å². The van der Waals surface area contributed by atoms with E-state index in [4.69, 9.17) is 10.7 Å². The summed E-state index contributed by atoms with van der Waals surface area (Å²) in [7, 11) is 0. The van der Waals surface area contributed by atoms with Gasteiger partial charge in [-0.15, -0.1) is 0 Å². The van der Waals surface area contributed by atoms with Crippen LogP contribution in [-0.4, -0.2) is 28.3 Å². The van der Waals surface area contributed by atoms with E-state index in [0.29, 0.717) is 11.5 Å². The predicted octanol–water partition coefficient (Wildman–Crippen LogP) is 3.90. The van der Waals surface area contributed by atoms with Crippen LogP contribution in [0, 0.1) is 6.92 Å². The second kappa shape index (κ2) is 6.15. The Labute approximate surface area is 141 Å². The molecule has 5 nitrogen and oxygen atoms in total. The lowest BCUT2D eigenvalue weighted by Crippen LogP contribution is -2.24. The number of aromatic nitrogens is 3. The summed E-state index contributed by atoms with van der Waals surface area (Å²) in [6.45, 7) is 4.22. The molecule has 0 bridgehead atoms. The summed E-state index contributed by atoms with van der Waals surface area (Å²) < 4.78 is 0. The molecule has 0 aliphatic carbocycles. The first-order valence-corrected chi connectivity index (χ1v) is 8.69. The van der Waals surface area contributed by atoms with Crippen LogP contribution in [0.5, 0.6) is 0 Å². The first-order chi connectivity index (χ1) is 11.7. The number of nitrogens with one attached hydrogen (secondary N) is 1. The zero-order chi connectivity index (χ0) is 16.5. The Hall–Kier alpha value is -2.56. The molecule has 1 aliphatic rings. The maximum absolute atomic E-state index is 6.13. The third-order valence-corrected chi connectivity index (χ3v) is 4.83. The van der Waals surface area contributed by atoms with Crippen molar-refractivity contribution in [3.05, 3.63) is 35.9 Å². The van der Waals surface area contributed by atoms with Gasteiger partial charge in [0.05, 0.1) is 5.39 Å². The first-order valence-electron chi connectivity index (χ1n) is 8.69. The van der Waals surface area contributed by atoms with Gasteiger partial charge in [-0.3, -0.25) is 5.10 Å². The Kier molecular flexibility index (Phi) is 3.84. The number of fused-ring (bicyclic) bond motifs is 1. The van der Waals surface area contributed by atoms with E-state index in [-0.39, 0.29) is 0 Å². The van der Waals surface area contributed by atoms with Crippen molar-refractivity contribution < 1.29 is 0 Å². The van der Waals surface area contributed by atoms with Crippen molar-refractivity contribution in [1.29, 1.82) is 0 Å². The van der Waals surface area contributed by atoms with Gasteiger partial charge in [0.2, 0.25) is 0 Å². The standard InChI is InChI=1S/C19H23N5/c1-13-6-8-14(9-7-13)15-12-16(24-10-4-2-3-5-11-24)21-19-17(15)18(20)22-23-19/h6-9,12H,2-5,10-11H2,1H3,(H3,20,21,22,23). The molecular formula is C19H23N5. The minimum atomic E-state index is 0.579. The molecule has 5 heteroatoms. The van der Waals surface area contributed by atoms with Crippen LogP contribution in [0.1, 0.15) is 31.2 Å². The molecule has 4 rings (SSSR count). The zero-order valence-electron chi connectivity index (χ0n) is 14.0. The van der Waals surface area contributed by atoms with Crippen molar-refractivity contribution in [2.75, 3.05) is 23.7 Å². The third-order valence-electron chi connectivity index (χ3n) is 4.83. The molecule has 3 heterocycles. The van der Waals surface area contributed by atoms with E-state index in [0.717, 1.165) is 35.4 Å². The Bertz CT molecular complexity index is 842. The van der Waals surface area contributed by atoms with Crippen molar-refractivity contribution in [2.45, 2.75) is 32.6 Å². The number of hydrogen-bond acceptors (Lipinski definition) is 4. The monoisotopic (exact) mass is 321 g/mol. The average molecular weight is 321 g/mol. The minimum absolute atomic E-state index is 0.579. The van der Waals surface area contributed by atoms with Crippen molar-refractivity contribution in [2.24, 2.45) is 0 Å². The molecule has 0 radical (unpaired) electrons. The molecule has 2 aromatic heterocycles. The number of nitrogens with zero attached hydrogens (tertiary/aromatic N) is 3. The van der Waals surface area contributed by atoms with E-state index in [9.17, 15) is 0 Å². The fourth-order valence-corrected chi connectivity index (χ4v) is 3.46. The fourth-order valence-electron chi connectivity index (χ4n) is 3.46. The van der Waals surface area contributed by atoms with Crippen molar-refractivity contribution in [1.82, 2.24) is 15.2 Å². The van der Waals surface area contributed by atoms with Gasteiger partial charge in [0, 0.05) is 18.7 Å². The lowest BCUT2D eigenvalue weighted by Gasteiger charge is -2.22. The second-order valence-corrected chi connectivity index (χ2v) is 6.63. The molecule has 0 amide bonds. The van der Waals surface area contributed by atoms with E-state index < -0.39 is 0 Å². The van der Waals surface area contributed by atoms with Gasteiger partial charge in [0.25, 0.3) is 0 Å². The first kappa shape index (κ1) is 15.0. The second-order valence-electron chi connectivity index (χ2n) is 6.63. The molecule has 1 aliphatic heterocycles. The lowest BCUT2D eigenvalue weighted by atomic mass is 10.0. The van der Waals surface area contributed by atoms with Gasteiger partial charge in [-0.25, -0.2) is 4.98 Å². The van der Waals surface area contributed by atoms with Crippen LogP contribution in [0.25, 0.3) is 22.2 Å². The number of aromatic amines is 1. The van der Waals surface area contributed by atoms with Gasteiger partial charge >= 0.3 is 0 Å². The van der Waals surface area contributed by atoms with Crippen molar-refractivity contribution >= 4 is 22.7 Å². The van der Waals surface area contributed by atoms with Gasteiger partial charge in [0.15, 0.2) is 5.65 Å². The number of rotatable bonds is 2. The number of hydrogen-bond donors (Lipinski definition) is 2. The van der Waals surface area contributed by atoms with Crippen molar-refractivity contribution in [3.8, 4) is 11.1 Å². The molecule has 3 aromatic rings. The largest absolute Gasteiger partial charge is 0.383 e. The molecule has 1 saturated heterocycles. The van der Waals surface area contributed by atoms with Gasteiger partial charge < -0.3 is 10.6 Å². The SMILES string of the molecule is Cc1ccc(-c2cc(N3CCCCCC3)nc3n[nH]c(N)c23)cc1. The maximum Gasteiger partial charge on any atom is 0.185 e. The number of H-pyrrole nitrogens is 1. The summed E-state index contributed by atoms with van der Waals surface area (Å²) in [5, 5.41) is 8.11. The Morgan fingerprint density at radius 1 is 1.04 bits per heavy atom. The van der Waals surface area contributed by atoms with Crippen LogP contribution in [0.15, 0.2) is 30.3 Å². The maximum atomic E-state index is 6.13. The molecular weight excluding hydrogens is 298 g/mol. The van der Waals surface area contributed by atoms with E-state index in [1.807, 2.05) is 0 Å². The molecule has 0 spiro atoms. The van der Waals surface area contributed by atoms with Gasteiger partial charge in [-0.05, 0) is 31.4 Å². The molecule has 3 N–H and O–H groups in total. The molecule has 0 unspecified atom stereocenters. The Morgan fingerprint density at radius 2 is 1.75 bits per heavy atom. The third kappa shape index (κ3) is 2.70. The van der Waals surface area contributed by atoms with E-state index in [1.54, 1.807) is 0 Å². The summed E-state index contributed by atoms with van der Waals surface area (Å²) in [6, 6.07) is 10.7. The predicted molar refractivity (Wildman–Crippen MR) is 99.2 cm³/mol. The number of nitrogens with two attached hydrogens (primary N) is 1. The molecule has 1 fully saturated rings. The fraction of sp³-hybridized carbons (Fsp3) is 0.368. The summed E-state index contributed by atoms with van der Waals surface area (Å²) in [4.78, 5) is 7.15. The van der Waals surface area contributed by atoms with E-state index >= 15 is 0 Å². The van der Waals surface area contributed by atoms with Gasteiger partial charge in [0.1, 0.15) is 11.6 Å². The average Bonchev–Trinajstić information content (AvgIpc) is 2.81. The highest BCUT2D eigenvalue weighted by atomic mass is 15.2. The van der Waals surface area contributed by atoms with Gasteiger partial charge in [-0.1, -0.05) is 42.7 Å². The van der Waals surface area contributed by atoms with Crippen LogP contribution in [0.4, 0.5) is 11.6 Å². The summed E-state index contributed by atoms with van der Waals surface area (Å²) in [5.41, 5.74) is 10.3. The van der Waals surface area contributed by atoms with Crippen LogP contribution in [0.2, 0.25) is 0 Å². The Balaban J connectivity index is 1.86. The zero-order valence-corrected chi connectivity index (χ0v) is 14.0. The van der Waals surface area contributed by atoms with E-state index in [2.05, 4.69) is 52.4 Å². The van der Waals surface area contributed by atoms with Crippen LogP contribution < -0.4 is 10.6 Å². The molecule has 0 saturated carbocycles. The summed E-state index contributed by atoms with van der Waals surface area (Å²) in [5.74, 6) is 1.59. The lowest BCUT2D eigenvalue weighted by molar-refractivity contribution is 0.726. The summed E-state index contributed by atoms with van der Waals surface area (Å²) >= 11 is 0. The number of anilines is 2. The van der Waals surface area contributed by atoms with Crippen molar-refractivity contribution in [3.63, 3.8) is 0 Å². The van der Waals surface area contributed by atoms with Crippen LogP contribution in [0.3, 0.4) is 0 Å². The number of aryl methyl sites for hydroxylation is 1. The molecule has 1 aromatic carbocycles. The minimum Gasteiger partial charge on any atom is -0.383 e. The van der Waals surface area contributed by atoms with Gasteiger partial charge in [-0.2, -0.15) is 5.10 Å². The topological polar surface area (TPSA) is 70.8 Å². The number of benzene rings is 1. The highest BCUT2D eigenvalue weighted by Crippen LogP contribution is 2.34. The quantitative estimate of drug-likeness (QED) is 0.751. The number of pyridine rings is 1. The summed E-state index contributed by atoms with van der Waals surface area (Å²) in [6.07, 6.45) is 5.06. The normalized spacial score (nSPS) is 15.6. The van der Waals surface area contributed by atoms with Crippen LogP contribution >= 0.6 is 0 Å². The highest BCUT2D eigenvalue weighted by Gasteiger charge is 2.17. The van der Waals surface area contributed by atoms with E-state index in [1.165, 1.54) is 31.2 Å². The highest BCUT2D eigenvalue weighted by molar-refractivity contribution is 6.01. The smallest absolute Gasteiger partial charge is 0.185 e. The number of nitrogen functional groups attached to an aromatic ring is 1.